The Hall–Kier alpha value is -2.96. The Balaban J connectivity index is 1.95. The standard InChI is InChI=1S/C15H13FN2O4/c1-10(15(19)17-12-4-2-11(16)3-5-12)22-14-8-6-13(7-9-14)18(20)21/h2-10H,1H3,(H,17,19)/t10-/m1/s1. The summed E-state index contributed by atoms with van der Waals surface area (Å²) < 4.78 is 18.2. The molecule has 2 aromatic carbocycles. The van der Waals surface area contributed by atoms with Gasteiger partial charge in [0.05, 0.1) is 4.92 Å². The van der Waals surface area contributed by atoms with Crippen LogP contribution >= 0.6 is 0 Å². The van der Waals surface area contributed by atoms with Crippen LogP contribution in [-0.4, -0.2) is 16.9 Å². The third-order valence-electron chi connectivity index (χ3n) is 2.84. The van der Waals surface area contributed by atoms with E-state index in [1.54, 1.807) is 6.92 Å². The number of rotatable bonds is 5. The number of anilines is 1. The molecule has 0 aliphatic rings. The molecule has 2 aromatic rings. The lowest BCUT2D eigenvalue weighted by atomic mass is 10.2. The van der Waals surface area contributed by atoms with E-state index in [2.05, 4.69) is 5.32 Å². The number of non-ortho nitro benzene ring substituents is 1. The summed E-state index contributed by atoms with van der Waals surface area (Å²) in [4.78, 5) is 22.0. The minimum atomic E-state index is -0.813. The summed E-state index contributed by atoms with van der Waals surface area (Å²) in [5, 5.41) is 13.1. The van der Waals surface area contributed by atoms with Gasteiger partial charge in [-0.05, 0) is 43.3 Å². The van der Waals surface area contributed by atoms with Crippen LogP contribution in [0.3, 0.4) is 0 Å². The van der Waals surface area contributed by atoms with Crippen LogP contribution in [0.1, 0.15) is 6.92 Å². The number of nitro groups is 1. The van der Waals surface area contributed by atoms with E-state index in [-0.39, 0.29) is 5.69 Å². The number of benzene rings is 2. The smallest absolute Gasteiger partial charge is 0.269 e. The van der Waals surface area contributed by atoms with Crippen LogP contribution in [0, 0.1) is 15.9 Å². The molecular formula is C15H13FN2O4. The van der Waals surface area contributed by atoms with Crippen molar-refractivity contribution in [3.63, 3.8) is 0 Å². The molecular weight excluding hydrogens is 291 g/mol. The Labute approximate surface area is 125 Å². The molecule has 0 saturated carbocycles. The van der Waals surface area contributed by atoms with Gasteiger partial charge in [-0.1, -0.05) is 0 Å². The van der Waals surface area contributed by atoms with Gasteiger partial charge < -0.3 is 10.1 Å². The maximum Gasteiger partial charge on any atom is 0.269 e. The average molecular weight is 304 g/mol. The second-order valence-corrected chi connectivity index (χ2v) is 4.51. The van der Waals surface area contributed by atoms with Crippen molar-refractivity contribution in [3.05, 3.63) is 64.5 Å². The highest BCUT2D eigenvalue weighted by molar-refractivity contribution is 5.94. The molecule has 0 aromatic heterocycles. The Bertz CT molecular complexity index is 671. The zero-order chi connectivity index (χ0) is 16.1. The van der Waals surface area contributed by atoms with E-state index in [1.807, 2.05) is 0 Å². The highest BCUT2D eigenvalue weighted by atomic mass is 19.1. The minimum Gasteiger partial charge on any atom is -0.481 e. The third-order valence-corrected chi connectivity index (χ3v) is 2.84. The van der Waals surface area contributed by atoms with Gasteiger partial charge in [0, 0.05) is 17.8 Å². The van der Waals surface area contributed by atoms with Crippen molar-refractivity contribution in [2.24, 2.45) is 0 Å². The predicted molar refractivity (Wildman–Crippen MR) is 78.2 cm³/mol. The number of nitrogens with one attached hydrogen (secondary N) is 1. The first kappa shape index (κ1) is 15.4. The molecule has 0 bridgehead atoms. The molecule has 0 fully saturated rings. The van der Waals surface area contributed by atoms with Crippen LogP contribution in [-0.2, 0) is 4.79 Å². The van der Waals surface area contributed by atoms with Crippen LogP contribution in [0.5, 0.6) is 5.75 Å². The van der Waals surface area contributed by atoms with E-state index in [0.29, 0.717) is 11.4 Å². The number of hydrogen-bond acceptors (Lipinski definition) is 4. The lowest BCUT2D eigenvalue weighted by Gasteiger charge is -2.14. The molecule has 0 spiro atoms. The molecule has 7 heteroatoms. The lowest BCUT2D eigenvalue weighted by molar-refractivity contribution is -0.384. The molecule has 0 saturated heterocycles. The summed E-state index contributed by atoms with van der Waals surface area (Å²) in [5.41, 5.74) is 0.390. The first-order valence-corrected chi connectivity index (χ1v) is 6.43. The number of carbonyl (C=O) groups is 1. The van der Waals surface area contributed by atoms with Crippen molar-refractivity contribution >= 4 is 17.3 Å². The van der Waals surface area contributed by atoms with E-state index in [4.69, 9.17) is 4.74 Å². The van der Waals surface area contributed by atoms with Gasteiger partial charge in [0.25, 0.3) is 11.6 Å². The van der Waals surface area contributed by atoms with Crippen molar-refractivity contribution in [1.29, 1.82) is 0 Å². The molecule has 114 valence electrons. The summed E-state index contributed by atoms with van der Waals surface area (Å²) in [6, 6.07) is 10.8. The topological polar surface area (TPSA) is 81.5 Å². The van der Waals surface area contributed by atoms with E-state index in [0.717, 1.165) is 0 Å². The quantitative estimate of drug-likeness (QED) is 0.679. The maximum atomic E-state index is 12.8. The summed E-state index contributed by atoms with van der Waals surface area (Å²) in [6.45, 7) is 1.54. The molecule has 0 radical (unpaired) electrons. The molecule has 22 heavy (non-hydrogen) atoms. The Morgan fingerprint density at radius 2 is 1.77 bits per heavy atom. The average Bonchev–Trinajstić information content (AvgIpc) is 2.50. The first-order valence-electron chi connectivity index (χ1n) is 6.43. The Morgan fingerprint density at radius 3 is 2.32 bits per heavy atom. The predicted octanol–water partition coefficient (Wildman–Crippen LogP) is 3.14. The van der Waals surface area contributed by atoms with Gasteiger partial charge in [-0.15, -0.1) is 0 Å². The maximum absolute atomic E-state index is 12.8. The van der Waals surface area contributed by atoms with Crippen LogP contribution in [0.4, 0.5) is 15.8 Å². The van der Waals surface area contributed by atoms with Gasteiger partial charge in [-0.25, -0.2) is 4.39 Å². The fourth-order valence-corrected chi connectivity index (χ4v) is 1.68. The molecule has 6 nitrogen and oxygen atoms in total. The zero-order valence-corrected chi connectivity index (χ0v) is 11.7. The number of halogens is 1. The van der Waals surface area contributed by atoms with E-state index in [1.165, 1.54) is 48.5 Å². The molecule has 1 amide bonds. The van der Waals surface area contributed by atoms with Crippen molar-refractivity contribution < 1.29 is 18.8 Å². The second kappa shape index (κ2) is 6.66. The number of carbonyl (C=O) groups excluding carboxylic acids is 1. The number of nitro benzene ring substituents is 1. The molecule has 1 N–H and O–H groups in total. The van der Waals surface area contributed by atoms with E-state index < -0.39 is 22.8 Å². The number of nitrogens with zero attached hydrogens (tertiary/aromatic N) is 1. The summed E-state index contributed by atoms with van der Waals surface area (Å²) in [5.74, 6) is -0.467. The van der Waals surface area contributed by atoms with Crippen molar-refractivity contribution in [2.75, 3.05) is 5.32 Å². The largest absolute Gasteiger partial charge is 0.481 e. The number of hydrogen-bond donors (Lipinski definition) is 1. The molecule has 0 unspecified atom stereocenters. The van der Waals surface area contributed by atoms with Crippen molar-refractivity contribution in [1.82, 2.24) is 0 Å². The monoisotopic (exact) mass is 304 g/mol. The first-order chi connectivity index (χ1) is 10.5. The van der Waals surface area contributed by atoms with E-state index in [9.17, 15) is 19.3 Å². The highest BCUT2D eigenvalue weighted by Gasteiger charge is 2.15. The Morgan fingerprint density at radius 1 is 1.18 bits per heavy atom. The minimum absolute atomic E-state index is 0.0595. The van der Waals surface area contributed by atoms with Crippen molar-refractivity contribution in [3.8, 4) is 5.75 Å². The molecule has 0 aliphatic carbocycles. The molecule has 1 atom stereocenters. The van der Waals surface area contributed by atoms with Crippen LogP contribution in [0.15, 0.2) is 48.5 Å². The molecule has 0 heterocycles. The Kier molecular flexibility index (Phi) is 4.67. The van der Waals surface area contributed by atoms with Crippen LogP contribution in [0.2, 0.25) is 0 Å². The van der Waals surface area contributed by atoms with E-state index >= 15 is 0 Å². The van der Waals surface area contributed by atoms with Gasteiger partial charge in [0.1, 0.15) is 11.6 Å². The molecule has 2 rings (SSSR count). The van der Waals surface area contributed by atoms with Gasteiger partial charge in [-0.2, -0.15) is 0 Å². The van der Waals surface area contributed by atoms with Gasteiger partial charge in [-0.3, -0.25) is 14.9 Å². The molecule has 0 aliphatic heterocycles. The van der Waals surface area contributed by atoms with Gasteiger partial charge in [0.15, 0.2) is 6.10 Å². The second-order valence-electron chi connectivity index (χ2n) is 4.51. The fourth-order valence-electron chi connectivity index (χ4n) is 1.68. The summed E-state index contributed by atoms with van der Waals surface area (Å²) >= 11 is 0. The fraction of sp³-hybridized carbons (Fsp3) is 0.133. The summed E-state index contributed by atoms with van der Waals surface area (Å²) in [7, 11) is 0. The number of amides is 1. The summed E-state index contributed by atoms with van der Waals surface area (Å²) in [6.07, 6.45) is -0.813. The van der Waals surface area contributed by atoms with Crippen molar-refractivity contribution in [2.45, 2.75) is 13.0 Å². The third kappa shape index (κ3) is 4.02. The SMILES string of the molecule is C[C@@H](Oc1ccc([N+](=O)[O-])cc1)C(=O)Nc1ccc(F)cc1. The lowest BCUT2D eigenvalue weighted by Crippen LogP contribution is -2.30. The number of ether oxygens (including phenoxy) is 1. The van der Waals surface area contributed by atoms with Crippen LogP contribution in [0.25, 0.3) is 0 Å². The highest BCUT2D eigenvalue weighted by Crippen LogP contribution is 2.19. The zero-order valence-electron chi connectivity index (χ0n) is 11.7. The normalized spacial score (nSPS) is 11.5. The van der Waals surface area contributed by atoms with Crippen LogP contribution < -0.4 is 10.1 Å². The van der Waals surface area contributed by atoms with Gasteiger partial charge in [0.2, 0.25) is 0 Å². The van der Waals surface area contributed by atoms with Gasteiger partial charge >= 0.3 is 0 Å².